The maximum Gasteiger partial charge on any atom is 0.0643 e. The van der Waals surface area contributed by atoms with Gasteiger partial charge in [0.15, 0.2) is 0 Å². The number of hydrogen-bond donors (Lipinski definition) is 1. The Balaban J connectivity index is 2.19. The Hall–Kier alpha value is -0.400. The highest BCUT2D eigenvalue weighted by Crippen LogP contribution is 2.27. The molecule has 2 aromatic rings. The highest BCUT2D eigenvalue weighted by Gasteiger charge is 2.16. The molecule has 0 radical (unpaired) electrons. The molecular weight excluding hydrogens is 441 g/mol. The van der Waals surface area contributed by atoms with Crippen molar-refractivity contribution in [2.24, 2.45) is 0 Å². The van der Waals surface area contributed by atoms with E-state index in [9.17, 15) is 0 Å². The van der Waals surface area contributed by atoms with Gasteiger partial charge in [0, 0.05) is 32.7 Å². The van der Waals surface area contributed by atoms with Crippen molar-refractivity contribution in [2.75, 3.05) is 7.05 Å². The molecule has 1 heterocycles. The number of hydrogen-bond acceptors (Lipinski definition) is 2. The number of aromatic nitrogens is 2. The fourth-order valence-electron chi connectivity index (χ4n) is 2.28. The molecule has 0 fully saturated rings. The first-order valence-corrected chi connectivity index (χ1v) is 9.08. The van der Waals surface area contributed by atoms with Crippen LogP contribution in [0.25, 0.3) is 0 Å². The average molecular weight is 462 g/mol. The lowest BCUT2D eigenvalue weighted by molar-refractivity contribution is 0.469. The highest BCUT2D eigenvalue weighted by molar-refractivity contribution is 14.1. The molecule has 2 atom stereocenters. The molecule has 1 N–H and O–H groups in total. The molecule has 2 unspecified atom stereocenters. The molecule has 0 amide bonds. The van der Waals surface area contributed by atoms with Gasteiger partial charge < -0.3 is 5.32 Å². The first-order valence-electron chi connectivity index (χ1n) is 7.21. The van der Waals surface area contributed by atoms with Gasteiger partial charge in [-0.3, -0.25) is 4.68 Å². The number of halogens is 2. The minimum absolute atomic E-state index is 0.259. The molecule has 21 heavy (non-hydrogen) atoms. The summed E-state index contributed by atoms with van der Waals surface area (Å²) in [4.78, 5) is 0. The summed E-state index contributed by atoms with van der Waals surface area (Å²) in [6.07, 6.45) is 4.07. The van der Waals surface area contributed by atoms with E-state index in [1.165, 1.54) is 9.13 Å². The molecule has 0 saturated carbocycles. The van der Waals surface area contributed by atoms with E-state index in [4.69, 9.17) is 5.10 Å². The molecule has 3 nitrogen and oxygen atoms in total. The van der Waals surface area contributed by atoms with Crippen LogP contribution in [0, 0.1) is 3.57 Å². The van der Waals surface area contributed by atoms with Crippen LogP contribution in [0.15, 0.2) is 34.9 Å². The molecule has 1 aromatic carbocycles. The quantitative estimate of drug-likeness (QED) is 0.630. The lowest BCUT2D eigenvalue weighted by Crippen LogP contribution is -2.20. The van der Waals surface area contributed by atoms with E-state index in [1.807, 2.05) is 7.05 Å². The van der Waals surface area contributed by atoms with Crippen molar-refractivity contribution in [1.29, 1.82) is 0 Å². The van der Waals surface area contributed by atoms with E-state index in [-0.39, 0.29) is 6.04 Å². The number of nitrogens with one attached hydrogen (secondary N) is 1. The van der Waals surface area contributed by atoms with Crippen molar-refractivity contribution in [3.8, 4) is 0 Å². The van der Waals surface area contributed by atoms with E-state index in [1.54, 1.807) is 0 Å². The second kappa shape index (κ2) is 7.74. The second-order valence-electron chi connectivity index (χ2n) is 5.26. The van der Waals surface area contributed by atoms with E-state index < -0.39 is 0 Å². The summed E-state index contributed by atoms with van der Waals surface area (Å²) in [5, 5.41) is 8.11. The van der Waals surface area contributed by atoms with Crippen molar-refractivity contribution >= 4 is 38.5 Å². The molecule has 0 aliphatic rings. The Morgan fingerprint density at radius 3 is 2.81 bits per heavy atom. The molecule has 1 aromatic heterocycles. The minimum Gasteiger partial charge on any atom is -0.313 e. The SMILES string of the molecule is CCC(C)n1ccc(CC(NC)c2cc(I)ccc2Br)n1. The topological polar surface area (TPSA) is 29.9 Å². The lowest BCUT2D eigenvalue weighted by Gasteiger charge is -2.17. The molecule has 0 spiro atoms. The normalized spacial score (nSPS) is 14.1. The largest absolute Gasteiger partial charge is 0.313 e. The van der Waals surface area contributed by atoms with Crippen LogP contribution in [-0.4, -0.2) is 16.8 Å². The van der Waals surface area contributed by atoms with Crippen LogP contribution >= 0.6 is 38.5 Å². The Morgan fingerprint density at radius 2 is 2.14 bits per heavy atom. The van der Waals surface area contributed by atoms with E-state index in [2.05, 4.69) is 92.8 Å². The first-order chi connectivity index (χ1) is 10.0. The molecular formula is C16H21BrIN3. The summed E-state index contributed by atoms with van der Waals surface area (Å²) >= 11 is 6.01. The maximum atomic E-state index is 4.71. The van der Waals surface area contributed by atoms with Crippen LogP contribution in [0.4, 0.5) is 0 Å². The summed E-state index contributed by atoms with van der Waals surface area (Å²) in [5.41, 5.74) is 2.41. The van der Waals surface area contributed by atoms with Gasteiger partial charge in [0.2, 0.25) is 0 Å². The van der Waals surface area contributed by atoms with Crippen LogP contribution in [0.3, 0.4) is 0 Å². The van der Waals surface area contributed by atoms with Gasteiger partial charge in [-0.15, -0.1) is 0 Å². The van der Waals surface area contributed by atoms with Gasteiger partial charge >= 0.3 is 0 Å². The van der Waals surface area contributed by atoms with Gasteiger partial charge in [0.05, 0.1) is 5.69 Å². The number of likely N-dealkylation sites (N-methyl/N-ethyl adjacent to an activating group) is 1. The van der Waals surface area contributed by atoms with Crippen LogP contribution in [0.5, 0.6) is 0 Å². The van der Waals surface area contributed by atoms with Crippen LogP contribution < -0.4 is 5.32 Å². The monoisotopic (exact) mass is 461 g/mol. The fraction of sp³-hybridized carbons (Fsp3) is 0.438. The molecule has 5 heteroatoms. The molecule has 0 saturated heterocycles. The molecule has 0 aliphatic heterocycles. The van der Waals surface area contributed by atoms with Gasteiger partial charge in [-0.1, -0.05) is 22.9 Å². The molecule has 2 rings (SSSR count). The standard InChI is InChI=1S/C16H21BrIN3/c1-4-11(2)21-8-7-13(20-21)10-16(19-3)14-9-12(18)5-6-15(14)17/h5-9,11,16,19H,4,10H2,1-3H3. The third-order valence-electron chi connectivity index (χ3n) is 3.80. The third-order valence-corrected chi connectivity index (χ3v) is 5.19. The Bertz CT molecular complexity index is 597. The van der Waals surface area contributed by atoms with Crippen LogP contribution in [0.1, 0.15) is 43.6 Å². The zero-order chi connectivity index (χ0) is 15.4. The van der Waals surface area contributed by atoms with E-state index in [0.717, 1.165) is 23.0 Å². The number of benzene rings is 1. The summed E-state index contributed by atoms with van der Waals surface area (Å²) in [6, 6.07) is 9.28. The highest BCUT2D eigenvalue weighted by atomic mass is 127. The second-order valence-corrected chi connectivity index (χ2v) is 7.36. The number of nitrogens with zero attached hydrogens (tertiary/aromatic N) is 2. The molecule has 0 aliphatic carbocycles. The van der Waals surface area contributed by atoms with Crippen molar-refractivity contribution < 1.29 is 0 Å². The van der Waals surface area contributed by atoms with E-state index >= 15 is 0 Å². The lowest BCUT2D eigenvalue weighted by atomic mass is 10.0. The Morgan fingerprint density at radius 1 is 1.38 bits per heavy atom. The van der Waals surface area contributed by atoms with Crippen molar-refractivity contribution in [3.05, 3.63) is 49.8 Å². The third kappa shape index (κ3) is 4.29. The maximum absolute atomic E-state index is 4.71. The first kappa shape index (κ1) is 17.0. The van der Waals surface area contributed by atoms with Gasteiger partial charge in [0.1, 0.15) is 0 Å². The van der Waals surface area contributed by atoms with E-state index in [0.29, 0.717) is 6.04 Å². The predicted octanol–water partition coefficient (Wildman–Crippen LogP) is 4.72. The summed E-state index contributed by atoms with van der Waals surface area (Å²) < 4.78 is 4.45. The minimum atomic E-state index is 0.259. The number of rotatable bonds is 6. The summed E-state index contributed by atoms with van der Waals surface area (Å²) in [7, 11) is 2.00. The zero-order valence-electron chi connectivity index (χ0n) is 12.6. The van der Waals surface area contributed by atoms with Crippen molar-refractivity contribution in [2.45, 2.75) is 38.8 Å². The smallest absolute Gasteiger partial charge is 0.0643 e. The Kier molecular flexibility index (Phi) is 6.25. The van der Waals surface area contributed by atoms with Gasteiger partial charge in [0.25, 0.3) is 0 Å². The summed E-state index contributed by atoms with van der Waals surface area (Å²) in [5.74, 6) is 0. The van der Waals surface area contributed by atoms with Crippen LogP contribution in [0.2, 0.25) is 0 Å². The van der Waals surface area contributed by atoms with Gasteiger partial charge in [-0.05, 0) is 72.8 Å². The van der Waals surface area contributed by atoms with Gasteiger partial charge in [-0.2, -0.15) is 5.10 Å². The zero-order valence-corrected chi connectivity index (χ0v) is 16.3. The molecule has 0 bridgehead atoms. The predicted molar refractivity (Wildman–Crippen MR) is 99.6 cm³/mol. The van der Waals surface area contributed by atoms with Crippen molar-refractivity contribution in [3.63, 3.8) is 0 Å². The Labute approximate surface area is 148 Å². The van der Waals surface area contributed by atoms with Crippen LogP contribution in [-0.2, 0) is 6.42 Å². The fourth-order valence-corrected chi connectivity index (χ4v) is 3.32. The van der Waals surface area contributed by atoms with Gasteiger partial charge in [-0.25, -0.2) is 0 Å². The molecule has 114 valence electrons. The average Bonchev–Trinajstić information content (AvgIpc) is 2.95. The summed E-state index contributed by atoms with van der Waals surface area (Å²) in [6.45, 7) is 4.38. The van der Waals surface area contributed by atoms with Crippen molar-refractivity contribution in [1.82, 2.24) is 15.1 Å².